The Morgan fingerprint density at radius 3 is 1.04 bits per heavy atom. The summed E-state index contributed by atoms with van der Waals surface area (Å²) in [4.78, 5) is 0. The molecule has 3 nitrogen and oxygen atoms in total. The molecule has 0 bridgehead atoms. The van der Waals surface area contributed by atoms with Gasteiger partial charge in [0.05, 0.1) is 12.2 Å². The minimum Gasteiger partial charge on any atom is -0.381 e. The number of nitrogens with one attached hydrogen (secondary N) is 1. The van der Waals surface area contributed by atoms with E-state index in [2.05, 4.69) is 19.2 Å². The highest BCUT2D eigenvalue weighted by Crippen LogP contribution is 2.31. The fourth-order valence-corrected chi connectivity index (χ4v) is 3.55. The van der Waals surface area contributed by atoms with E-state index in [1.165, 1.54) is 38.5 Å². The van der Waals surface area contributed by atoms with E-state index in [1.54, 1.807) is 14.2 Å². The van der Waals surface area contributed by atoms with Gasteiger partial charge >= 0.3 is 0 Å². The van der Waals surface area contributed by atoms with Crippen LogP contribution in [0, 0.1) is 11.8 Å². The normalized spacial score (nSPS) is 28.3. The molecular weight excluding hydrogens is 310 g/mol. The van der Waals surface area contributed by atoms with Crippen LogP contribution in [0.5, 0.6) is 0 Å². The number of hydrogen-bond acceptors (Lipinski definition) is 3. The minimum absolute atomic E-state index is 0.492. The van der Waals surface area contributed by atoms with E-state index in [-0.39, 0.29) is 0 Å². The van der Waals surface area contributed by atoms with Crippen molar-refractivity contribution in [3.63, 3.8) is 0 Å². The van der Waals surface area contributed by atoms with Crippen molar-refractivity contribution >= 4 is 0 Å². The van der Waals surface area contributed by atoms with Crippen LogP contribution in [0.3, 0.4) is 0 Å². The SMILES string of the molecule is CC.CCC1CCC(CC)CC1.CNC.COC1CCC(OC)CC1. The molecule has 0 aromatic heterocycles. The fourth-order valence-electron chi connectivity index (χ4n) is 3.55. The van der Waals surface area contributed by atoms with Gasteiger partial charge in [-0.05, 0) is 51.6 Å². The molecule has 0 spiro atoms. The lowest BCUT2D eigenvalue weighted by molar-refractivity contribution is 0.00454. The van der Waals surface area contributed by atoms with E-state index < -0.39 is 0 Å². The van der Waals surface area contributed by atoms with Crippen molar-refractivity contribution < 1.29 is 9.47 Å². The van der Waals surface area contributed by atoms with Crippen LogP contribution in [0.1, 0.15) is 91.9 Å². The number of methoxy groups -OCH3 is 2. The van der Waals surface area contributed by atoms with Gasteiger partial charge in [-0.25, -0.2) is 0 Å². The molecule has 0 radical (unpaired) electrons. The van der Waals surface area contributed by atoms with E-state index in [9.17, 15) is 0 Å². The van der Waals surface area contributed by atoms with Gasteiger partial charge in [-0.2, -0.15) is 0 Å². The molecule has 0 aromatic carbocycles. The van der Waals surface area contributed by atoms with Crippen LogP contribution in [-0.4, -0.2) is 40.5 Å². The van der Waals surface area contributed by atoms with Crippen LogP contribution in [0.25, 0.3) is 0 Å². The highest BCUT2D eigenvalue weighted by atomic mass is 16.5. The summed E-state index contributed by atoms with van der Waals surface area (Å²) in [5, 5.41) is 2.75. The second-order valence-corrected chi connectivity index (χ2v) is 7.07. The fraction of sp³-hybridized carbons (Fsp3) is 1.00. The Kier molecular flexibility index (Phi) is 21.9. The lowest BCUT2D eigenvalue weighted by Gasteiger charge is -2.26. The Labute approximate surface area is 159 Å². The predicted octanol–water partition coefficient (Wildman–Crippen LogP) is 6.07. The van der Waals surface area contributed by atoms with Gasteiger partial charge < -0.3 is 14.8 Å². The van der Waals surface area contributed by atoms with Crippen molar-refractivity contribution in [2.24, 2.45) is 11.8 Å². The van der Waals surface area contributed by atoms with Gasteiger partial charge in [0.25, 0.3) is 0 Å². The molecule has 1 N–H and O–H groups in total. The van der Waals surface area contributed by atoms with E-state index in [4.69, 9.17) is 9.47 Å². The summed E-state index contributed by atoms with van der Waals surface area (Å²) in [6, 6.07) is 0. The molecule has 2 aliphatic rings. The summed E-state index contributed by atoms with van der Waals surface area (Å²) in [5.74, 6) is 2.14. The van der Waals surface area contributed by atoms with Crippen molar-refractivity contribution in [1.29, 1.82) is 0 Å². The van der Waals surface area contributed by atoms with Crippen molar-refractivity contribution in [3.05, 3.63) is 0 Å². The van der Waals surface area contributed by atoms with E-state index >= 15 is 0 Å². The van der Waals surface area contributed by atoms with Crippen molar-refractivity contribution in [1.82, 2.24) is 5.32 Å². The summed E-state index contributed by atoms with van der Waals surface area (Å²) in [6.07, 6.45) is 14.5. The molecule has 0 aliphatic heterocycles. The molecule has 154 valence electrons. The smallest absolute Gasteiger partial charge is 0.0573 e. The number of ether oxygens (including phenoxy) is 2. The Bertz CT molecular complexity index is 184. The van der Waals surface area contributed by atoms with Crippen LogP contribution < -0.4 is 5.32 Å². The minimum atomic E-state index is 0.492. The van der Waals surface area contributed by atoms with Crippen LogP contribution in [0.15, 0.2) is 0 Å². The second-order valence-electron chi connectivity index (χ2n) is 7.07. The first-order valence-corrected chi connectivity index (χ1v) is 10.8. The predicted molar refractivity (Wildman–Crippen MR) is 112 cm³/mol. The van der Waals surface area contributed by atoms with E-state index in [0.29, 0.717) is 12.2 Å². The molecule has 2 fully saturated rings. The lowest BCUT2D eigenvalue weighted by atomic mass is 9.80. The maximum absolute atomic E-state index is 5.23. The zero-order chi connectivity index (χ0) is 19.5. The first-order valence-electron chi connectivity index (χ1n) is 10.8. The first-order chi connectivity index (χ1) is 12.1. The van der Waals surface area contributed by atoms with Gasteiger partial charge in [0.2, 0.25) is 0 Å². The van der Waals surface area contributed by atoms with Crippen LogP contribution in [0.4, 0.5) is 0 Å². The summed E-state index contributed by atoms with van der Waals surface area (Å²) in [7, 11) is 7.33. The highest BCUT2D eigenvalue weighted by Gasteiger charge is 2.19. The Morgan fingerprint density at radius 2 is 0.880 bits per heavy atom. The first kappa shape index (κ1) is 27.1. The molecule has 2 rings (SSSR count). The standard InChI is InChI=1S/C10H20.C8H16O2.C2H7N.C2H6/c1-3-9-5-7-10(4-2)8-6-9;1-9-7-3-5-8(10-2)6-4-7;1-3-2;1-2/h9-10H,3-8H2,1-2H3;7-8H,3-6H2,1-2H3;3H,1-2H3;1-2H3. The van der Waals surface area contributed by atoms with Gasteiger partial charge in [0, 0.05) is 14.2 Å². The highest BCUT2D eigenvalue weighted by molar-refractivity contribution is 4.72. The summed E-state index contributed by atoms with van der Waals surface area (Å²) in [6.45, 7) is 8.66. The van der Waals surface area contributed by atoms with E-state index in [1.807, 2.05) is 27.9 Å². The molecule has 0 unspecified atom stereocenters. The second kappa shape index (κ2) is 20.2. The molecule has 0 aromatic rings. The Morgan fingerprint density at radius 1 is 0.640 bits per heavy atom. The summed E-state index contributed by atoms with van der Waals surface area (Å²) < 4.78 is 10.5. The Hall–Kier alpha value is -0.120. The molecule has 2 saturated carbocycles. The number of hydrogen-bond donors (Lipinski definition) is 1. The van der Waals surface area contributed by atoms with Crippen LogP contribution in [0.2, 0.25) is 0 Å². The summed E-state index contributed by atoms with van der Waals surface area (Å²) in [5.41, 5.74) is 0. The third-order valence-corrected chi connectivity index (χ3v) is 5.41. The quantitative estimate of drug-likeness (QED) is 0.661. The van der Waals surface area contributed by atoms with Gasteiger partial charge in [-0.1, -0.05) is 66.2 Å². The average Bonchev–Trinajstić information content (AvgIpc) is 2.70. The largest absolute Gasteiger partial charge is 0.381 e. The van der Waals surface area contributed by atoms with Gasteiger partial charge in [0.1, 0.15) is 0 Å². The molecule has 0 saturated heterocycles. The monoisotopic (exact) mass is 359 g/mol. The maximum atomic E-state index is 5.23. The maximum Gasteiger partial charge on any atom is 0.0573 e. The van der Waals surface area contributed by atoms with E-state index in [0.717, 1.165) is 37.5 Å². The van der Waals surface area contributed by atoms with Crippen molar-refractivity contribution in [3.8, 4) is 0 Å². The topological polar surface area (TPSA) is 30.5 Å². The molecule has 0 amide bonds. The van der Waals surface area contributed by atoms with Crippen LogP contribution in [-0.2, 0) is 9.47 Å². The molecular formula is C22H49NO2. The third kappa shape index (κ3) is 14.7. The van der Waals surface area contributed by atoms with Crippen LogP contribution >= 0.6 is 0 Å². The van der Waals surface area contributed by atoms with Crippen molar-refractivity contribution in [2.75, 3.05) is 28.3 Å². The zero-order valence-electron chi connectivity index (χ0n) is 18.7. The lowest BCUT2D eigenvalue weighted by Crippen LogP contribution is -2.24. The summed E-state index contributed by atoms with van der Waals surface area (Å²) >= 11 is 0. The molecule has 0 atom stereocenters. The van der Waals surface area contributed by atoms with Crippen molar-refractivity contribution in [2.45, 2.75) is 104 Å². The Balaban J connectivity index is 0. The molecule has 3 heteroatoms. The third-order valence-electron chi connectivity index (χ3n) is 5.41. The zero-order valence-corrected chi connectivity index (χ0v) is 18.7. The molecule has 0 heterocycles. The molecule has 2 aliphatic carbocycles. The van der Waals surface area contributed by atoms with Gasteiger partial charge in [-0.3, -0.25) is 0 Å². The average molecular weight is 360 g/mol. The van der Waals surface area contributed by atoms with Gasteiger partial charge in [0.15, 0.2) is 0 Å². The molecule has 25 heavy (non-hydrogen) atoms. The number of rotatable bonds is 4. The van der Waals surface area contributed by atoms with Gasteiger partial charge in [-0.15, -0.1) is 0 Å².